The van der Waals surface area contributed by atoms with Crippen molar-refractivity contribution >= 4 is 29.1 Å². The van der Waals surface area contributed by atoms with Crippen LogP contribution in [-0.2, 0) is 4.79 Å². The van der Waals surface area contributed by atoms with Crippen molar-refractivity contribution in [2.75, 3.05) is 28.4 Å². The lowest BCUT2D eigenvalue weighted by Crippen LogP contribution is -2.30. The van der Waals surface area contributed by atoms with Gasteiger partial charge < -0.3 is 29.0 Å². The molecular formula is C23H23NO7S2. The number of methoxy groups -OCH3 is 4. The van der Waals surface area contributed by atoms with Crippen molar-refractivity contribution in [1.29, 1.82) is 0 Å². The van der Waals surface area contributed by atoms with E-state index in [0.717, 1.165) is 22.5 Å². The largest absolute Gasteiger partial charge is 0.493 e. The fourth-order valence-corrected chi connectivity index (χ4v) is 6.73. The first kappa shape index (κ1) is 23.1. The molecule has 0 radical (unpaired) electrons. The molecule has 2 heterocycles. The van der Waals surface area contributed by atoms with Gasteiger partial charge in [-0.2, -0.15) is 0 Å². The number of hydrogen-bond donors (Lipinski definition) is 2. The van der Waals surface area contributed by atoms with Crippen LogP contribution in [-0.4, -0.2) is 44.5 Å². The zero-order chi connectivity index (χ0) is 23.7. The third-order valence-corrected chi connectivity index (χ3v) is 8.11. The van der Waals surface area contributed by atoms with E-state index in [-0.39, 0.29) is 4.87 Å². The number of benzene rings is 2. The highest BCUT2D eigenvalue weighted by Crippen LogP contribution is 2.56. The summed E-state index contributed by atoms with van der Waals surface area (Å²) < 4.78 is 21.6. The molecule has 0 saturated carbocycles. The molecule has 1 aliphatic heterocycles. The van der Waals surface area contributed by atoms with Crippen LogP contribution in [0.5, 0.6) is 23.0 Å². The van der Waals surface area contributed by atoms with Gasteiger partial charge >= 0.3 is 10.8 Å². The summed E-state index contributed by atoms with van der Waals surface area (Å²) in [6, 6.07) is 10.7. The molecule has 0 bridgehead atoms. The molecule has 1 aliphatic rings. The molecular weight excluding hydrogens is 466 g/mol. The number of aromatic amines is 1. The Morgan fingerprint density at radius 3 is 1.97 bits per heavy atom. The molecule has 2 aromatic carbocycles. The first-order chi connectivity index (χ1) is 15.9. The number of rotatable bonds is 7. The first-order valence-electron chi connectivity index (χ1n) is 9.98. The van der Waals surface area contributed by atoms with Crippen LogP contribution in [0.4, 0.5) is 0 Å². The number of carboxylic acid groups (broad SMARTS) is 1. The number of thioether (sulfide) groups is 1. The molecule has 0 aliphatic carbocycles. The van der Waals surface area contributed by atoms with Gasteiger partial charge in [0.2, 0.25) is 0 Å². The van der Waals surface area contributed by atoms with Gasteiger partial charge in [-0.1, -0.05) is 35.2 Å². The summed E-state index contributed by atoms with van der Waals surface area (Å²) in [4.78, 5) is 28.3. The quantitative estimate of drug-likeness (QED) is 0.510. The SMILES string of the molecule is COc1ccc([C@@H]2c3sc(=O)[nH]c3S[C@H](c3ccc(OC)c(OC)c3)[C@H]2C(=O)O)cc1OC. The zero-order valence-electron chi connectivity index (χ0n) is 18.4. The summed E-state index contributed by atoms with van der Waals surface area (Å²) in [7, 11) is 6.14. The summed E-state index contributed by atoms with van der Waals surface area (Å²) in [5, 5.41) is 10.6. The van der Waals surface area contributed by atoms with E-state index in [1.54, 1.807) is 31.4 Å². The molecule has 0 fully saturated rings. The number of hydrogen-bond acceptors (Lipinski definition) is 8. The zero-order valence-corrected chi connectivity index (χ0v) is 20.0. The van der Waals surface area contributed by atoms with E-state index in [1.807, 2.05) is 12.1 Å². The lowest BCUT2D eigenvalue weighted by molar-refractivity contribution is -0.142. The highest BCUT2D eigenvalue weighted by Gasteiger charge is 2.45. The number of fused-ring (bicyclic) bond motifs is 1. The Balaban J connectivity index is 1.90. The van der Waals surface area contributed by atoms with Crippen molar-refractivity contribution < 1.29 is 28.8 Å². The number of aromatic nitrogens is 1. The topological polar surface area (TPSA) is 107 Å². The molecule has 3 aromatic rings. The van der Waals surface area contributed by atoms with Crippen LogP contribution in [0.15, 0.2) is 46.2 Å². The van der Waals surface area contributed by atoms with Crippen LogP contribution in [0, 0.1) is 5.92 Å². The maximum atomic E-state index is 12.7. The molecule has 0 saturated heterocycles. The van der Waals surface area contributed by atoms with Crippen molar-refractivity contribution in [3.8, 4) is 23.0 Å². The summed E-state index contributed by atoms with van der Waals surface area (Å²) in [6.07, 6.45) is 0. The summed E-state index contributed by atoms with van der Waals surface area (Å²) in [6.45, 7) is 0. The maximum absolute atomic E-state index is 12.7. The molecule has 33 heavy (non-hydrogen) atoms. The van der Waals surface area contributed by atoms with E-state index in [1.165, 1.54) is 33.1 Å². The van der Waals surface area contributed by atoms with E-state index < -0.39 is 23.1 Å². The minimum absolute atomic E-state index is 0.227. The fourth-order valence-electron chi connectivity index (χ4n) is 4.14. The van der Waals surface area contributed by atoms with Crippen LogP contribution in [0.2, 0.25) is 0 Å². The van der Waals surface area contributed by atoms with Gasteiger partial charge in [-0.25, -0.2) is 0 Å². The van der Waals surface area contributed by atoms with Crippen molar-refractivity contribution in [3.63, 3.8) is 0 Å². The number of H-pyrrole nitrogens is 1. The summed E-state index contributed by atoms with van der Waals surface area (Å²) in [5.41, 5.74) is 1.48. The Labute approximate surface area is 198 Å². The van der Waals surface area contributed by atoms with Crippen molar-refractivity contribution in [1.82, 2.24) is 4.98 Å². The fraction of sp³-hybridized carbons (Fsp3) is 0.304. The third kappa shape index (κ3) is 4.16. The van der Waals surface area contributed by atoms with Gasteiger partial charge in [0.05, 0.1) is 44.6 Å². The number of thiazole rings is 1. The average Bonchev–Trinajstić information content (AvgIpc) is 3.21. The molecule has 4 rings (SSSR count). The molecule has 0 unspecified atom stereocenters. The monoisotopic (exact) mass is 489 g/mol. The predicted octanol–water partition coefficient (Wildman–Crippen LogP) is 4.15. The molecule has 0 spiro atoms. The summed E-state index contributed by atoms with van der Waals surface area (Å²) >= 11 is 2.37. The van der Waals surface area contributed by atoms with Gasteiger partial charge in [-0.3, -0.25) is 9.59 Å². The predicted molar refractivity (Wildman–Crippen MR) is 126 cm³/mol. The first-order valence-corrected chi connectivity index (χ1v) is 11.7. The number of nitrogens with one attached hydrogen (secondary N) is 1. The number of carbonyl (C=O) groups is 1. The van der Waals surface area contributed by atoms with Gasteiger partial charge in [0.1, 0.15) is 0 Å². The van der Waals surface area contributed by atoms with Crippen LogP contribution >= 0.6 is 23.1 Å². The Morgan fingerprint density at radius 1 is 0.879 bits per heavy atom. The van der Waals surface area contributed by atoms with Crippen LogP contribution in [0.3, 0.4) is 0 Å². The average molecular weight is 490 g/mol. The van der Waals surface area contributed by atoms with Gasteiger partial charge in [-0.05, 0) is 35.4 Å². The second kappa shape index (κ2) is 9.40. The minimum atomic E-state index is -0.964. The van der Waals surface area contributed by atoms with Gasteiger partial charge in [-0.15, -0.1) is 0 Å². The highest BCUT2D eigenvalue weighted by atomic mass is 32.2. The third-order valence-electron chi connectivity index (χ3n) is 5.64. The van der Waals surface area contributed by atoms with E-state index in [4.69, 9.17) is 18.9 Å². The smallest absolute Gasteiger partial charge is 0.308 e. The van der Waals surface area contributed by atoms with Gasteiger partial charge in [0.25, 0.3) is 0 Å². The van der Waals surface area contributed by atoms with E-state index in [9.17, 15) is 14.7 Å². The second-order valence-corrected chi connectivity index (χ2v) is 9.48. The molecule has 3 atom stereocenters. The molecule has 2 N–H and O–H groups in total. The lowest BCUT2D eigenvalue weighted by Gasteiger charge is -2.35. The van der Waals surface area contributed by atoms with Crippen molar-refractivity contribution in [2.45, 2.75) is 16.2 Å². The van der Waals surface area contributed by atoms with Gasteiger partial charge in [0.15, 0.2) is 23.0 Å². The number of aliphatic carboxylic acids is 1. The standard InChI is InChI=1S/C23H23NO7S2/c1-28-13-7-5-11(9-15(13)30-3)17-18(22(25)26)19(32-21-20(17)33-23(27)24-21)12-6-8-14(29-2)16(10-12)31-4/h5-10,17-19H,1-4H3,(H,24,27)(H,25,26)/t17-,18-,19+/m0/s1. The molecule has 0 amide bonds. The molecule has 174 valence electrons. The highest BCUT2D eigenvalue weighted by molar-refractivity contribution is 7.99. The molecule has 10 heteroatoms. The second-order valence-electron chi connectivity index (χ2n) is 7.32. The molecule has 1 aromatic heterocycles. The Bertz CT molecular complexity index is 1240. The Morgan fingerprint density at radius 2 is 1.42 bits per heavy atom. The van der Waals surface area contributed by atoms with Crippen LogP contribution in [0.25, 0.3) is 0 Å². The van der Waals surface area contributed by atoms with Gasteiger partial charge in [0, 0.05) is 10.8 Å². The minimum Gasteiger partial charge on any atom is -0.493 e. The van der Waals surface area contributed by atoms with Crippen molar-refractivity contribution in [2.24, 2.45) is 5.92 Å². The Hall–Kier alpha value is -3.11. The number of ether oxygens (including phenoxy) is 4. The Kier molecular flexibility index (Phi) is 6.57. The van der Waals surface area contributed by atoms with E-state index in [0.29, 0.717) is 32.9 Å². The normalized spacial score (nSPS) is 19.5. The molecule has 8 nitrogen and oxygen atoms in total. The lowest BCUT2D eigenvalue weighted by atomic mass is 9.80. The van der Waals surface area contributed by atoms with E-state index in [2.05, 4.69) is 4.98 Å². The number of carboxylic acids is 1. The van der Waals surface area contributed by atoms with Crippen molar-refractivity contribution in [3.05, 3.63) is 62.1 Å². The van der Waals surface area contributed by atoms with Crippen LogP contribution < -0.4 is 23.8 Å². The van der Waals surface area contributed by atoms with E-state index >= 15 is 0 Å². The van der Waals surface area contributed by atoms with Crippen LogP contribution in [0.1, 0.15) is 27.2 Å². The summed E-state index contributed by atoms with van der Waals surface area (Å²) in [5.74, 6) is -0.303. The maximum Gasteiger partial charge on any atom is 0.308 e.